The van der Waals surface area contributed by atoms with Gasteiger partial charge in [-0.2, -0.15) is 0 Å². The van der Waals surface area contributed by atoms with Gasteiger partial charge in [0.25, 0.3) is 0 Å². The van der Waals surface area contributed by atoms with Crippen LogP contribution in [0.4, 0.5) is 0 Å². The summed E-state index contributed by atoms with van der Waals surface area (Å²) >= 11 is 0. The average Bonchev–Trinajstić information content (AvgIpc) is 2.19. The Balaban J connectivity index is 3.07. The normalized spacial score (nSPS) is 11.8. The standard InChI is InChI=1S/C12H20N2O2S/c1-4-5-14-8-11-7-12(17(13,15)16)10(3)6-9(11)2/h6-7,14H,4-5,8H2,1-3H3,(H2,13,15,16). The van der Waals surface area contributed by atoms with Gasteiger partial charge in [0.15, 0.2) is 0 Å². The van der Waals surface area contributed by atoms with Crippen LogP contribution in [0.15, 0.2) is 17.0 Å². The van der Waals surface area contributed by atoms with E-state index in [2.05, 4.69) is 12.2 Å². The van der Waals surface area contributed by atoms with Crippen LogP contribution in [0.3, 0.4) is 0 Å². The number of primary sulfonamides is 1. The van der Waals surface area contributed by atoms with Crippen molar-refractivity contribution in [2.75, 3.05) is 6.54 Å². The van der Waals surface area contributed by atoms with Crippen LogP contribution in [0.1, 0.15) is 30.0 Å². The molecule has 0 aromatic heterocycles. The van der Waals surface area contributed by atoms with E-state index in [9.17, 15) is 8.42 Å². The first-order valence-electron chi connectivity index (χ1n) is 5.70. The molecule has 3 N–H and O–H groups in total. The fraction of sp³-hybridized carbons (Fsp3) is 0.500. The molecule has 0 fully saturated rings. The van der Waals surface area contributed by atoms with Crippen LogP contribution in [0.2, 0.25) is 0 Å². The number of hydrogen-bond donors (Lipinski definition) is 2. The van der Waals surface area contributed by atoms with Gasteiger partial charge in [0.05, 0.1) is 4.90 Å². The number of benzene rings is 1. The van der Waals surface area contributed by atoms with Crippen LogP contribution in [0.25, 0.3) is 0 Å². The fourth-order valence-corrected chi connectivity index (χ4v) is 2.59. The van der Waals surface area contributed by atoms with Gasteiger partial charge >= 0.3 is 0 Å². The molecular weight excluding hydrogens is 236 g/mol. The van der Waals surface area contributed by atoms with Crippen molar-refractivity contribution in [1.29, 1.82) is 0 Å². The Morgan fingerprint density at radius 1 is 1.24 bits per heavy atom. The zero-order valence-electron chi connectivity index (χ0n) is 10.6. The molecule has 1 rings (SSSR count). The summed E-state index contributed by atoms with van der Waals surface area (Å²) in [5.74, 6) is 0. The summed E-state index contributed by atoms with van der Waals surface area (Å²) in [4.78, 5) is 0.219. The highest BCUT2D eigenvalue weighted by atomic mass is 32.2. The summed E-state index contributed by atoms with van der Waals surface area (Å²) in [7, 11) is -3.63. The predicted molar refractivity (Wildman–Crippen MR) is 69.3 cm³/mol. The van der Waals surface area contributed by atoms with E-state index in [1.165, 1.54) is 0 Å². The monoisotopic (exact) mass is 256 g/mol. The topological polar surface area (TPSA) is 72.2 Å². The molecule has 96 valence electrons. The fourth-order valence-electron chi connectivity index (χ4n) is 1.77. The Morgan fingerprint density at radius 3 is 2.41 bits per heavy atom. The smallest absolute Gasteiger partial charge is 0.238 e. The van der Waals surface area contributed by atoms with Gasteiger partial charge in [-0.15, -0.1) is 0 Å². The van der Waals surface area contributed by atoms with Gasteiger partial charge < -0.3 is 5.32 Å². The van der Waals surface area contributed by atoms with Crippen LogP contribution in [-0.4, -0.2) is 15.0 Å². The minimum Gasteiger partial charge on any atom is -0.313 e. The van der Waals surface area contributed by atoms with E-state index in [0.717, 1.165) is 24.1 Å². The van der Waals surface area contributed by atoms with Crippen LogP contribution in [0, 0.1) is 13.8 Å². The van der Waals surface area contributed by atoms with E-state index in [0.29, 0.717) is 12.1 Å². The third kappa shape index (κ3) is 3.80. The molecule has 1 aromatic rings. The third-order valence-electron chi connectivity index (χ3n) is 2.68. The lowest BCUT2D eigenvalue weighted by molar-refractivity contribution is 0.596. The molecule has 0 aliphatic heterocycles. The quantitative estimate of drug-likeness (QED) is 0.783. The second-order valence-corrected chi connectivity index (χ2v) is 5.80. The van der Waals surface area contributed by atoms with Crippen LogP contribution >= 0.6 is 0 Å². The van der Waals surface area contributed by atoms with E-state index in [1.54, 1.807) is 13.0 Å². The second kappa shape index (κ2) is 5.62. The zero-order valence-corrected chi connectivity index (χ0v) is 11.4. The molecule has 0 radical (unpaired) electrons. The Kier molecular flexibility index (Phi) is 4.68. The maximum atomic E-state index is 11.4. The van der Waals surface area contributed by atoms with Gasteiger partial charge in [-0.3, -0.25) is 0 Å². The summed E-state index contributed by atoms with van der Waals surface area (Å²) in [6, 6.07) is 3.53. The molecule has 0 amide bonds. The maximum Gasteiger partial charge on any atom is 0.238 e. The highest BCUT2D eigenvalue weighted by molar-refractivity contribution is 7.89. The van der Waals surface area contributed by atoms with Crippen molar-refractivity contribution in [2.45, 2.75) is 38.6 Å². The minimum absolute atomic E-state index is 0.219. The molecule has 0 spiro atoms. The van der Waals surface area contributed by atoms with Gasteiger partial charge in [0.2, 0.25) is 10.0 Å². The van der Waals surface area contributed by atoms with Crippen molar-refractivity contribution in [3.05, 3.63) is 28.8 Å². The first kappa shape index (κ1) is 14.2. The number of aryl methyl sites for hydroxylation is 2. The summed E-state index contributed by atoms with van der Waals surface area (Å²) in [5, 5.41) is 8.44. The number of nitrogens with two attached hydrogens (primary N) is 1. The highest BCUT2D eigenvalue weighted by Crippen LogP contribution is 2.19. The Bertz CT molecular complexity index is 495. The van der Waals surface area contributed by atoms with Crippen LogP contribution in [0.5, 0.6) is 0 Å². The number of hydrogen-bond acceptors (Lipinski definition) is 3. The van der Waals surface area contributed by atoms with Crippen molar-refractivity contribution < 1.29 is 8.42 Å². The van der Waals surface area contributed by atoms with Gasteiger partial charge in [-0.05, 0) is 49.6 Å². The van der Waals surface area contributed by atoms with Crippen LogP contribution in [-0.2, 0) is 16.6 Å². The molecular formula is C12H20N2O2S. The molecule has 1 aromatic carbocycles. The molecule has 0 saturated heterocycles. The lowest BCUT2D eigenvalue weighted by atomic mass is 10.1. The SMILES string of the molecule is CCCNCc1cc(S(N)(=O)=O)c(C)cc1C. The Labute approximate surface area is 103 Å². The number of rotatable bonds is 5. The van der Waals surface area contributed by atoms with E-state index >= 15 is 0 Å². The van der Waals surface area contributed by atoms with Gasteiger partial charge in [-0.25, -0.2) is 13.6 Å². The van der Waals surface area contributed by atoms with E-state index in [-0.39, 0.29) is 4.90 Å². The Hall–Kier alpha value is -0.910. The third-order valence-corrected chi connectivity index (χ3v) is 3.74. The first-order chi connectivity index (χ1) is 7.86. The molecule has 0 aliphatic rings. The number of sulfonamides is 1. The molecule has 0 unspecified atom stereocenters. The molecule has 4 nitrogen and oxygen atoms in total. The number of nitrogens with one attached hydrogen (secondary N) is 1. The lowest BCUT2D eigenvalue weighted by Gasteiger charge is -2.11. The molecule has 0 saturated carbocycles. The van der Waals surface area contributed by atoms with Crippen molar-refractivity contribution in [3.63, 3.8) is 0 Å². The summed E-state index contributed by atoms with van der Waals surface area (Å²) in [6.45, 7) is 7.41. The molecule has 0 bridgehead atoms. The van der Waals surface area contributed by atoms with E-state index < -0.39 is 10.0 Å². The second-order valence-electron chi connectivity index (χ2n) is 4.27. The Morgan fingerprint density at radius 2 is 1.88 bits per heavy atom. The summed E-state index contributed by atoms with van der Waals surface area (Å²) in [6.07, 6.45) is 1.05. The van der Waals surface area contributed by atoms with Gasteiger partial charge in [-0.1, -0.05) is 13.0 Å². The molecule has 5 heteroatoms. The predicted octanol–water partition coefficient (Wildman–Crippen LogP) is 1.45. The molecule has 0 aliphatic carbocycles. The molecule has 17 heavy (non-hydrogen) atoms. The molecule has 0 atom stereocenters. The largest absolute Gasteiger partial charge is 0.313 e. The van der Waals surface area contributed by atoms with Crippen molar-refractivity contribution in [2.24, 2.45) is 5.14 Å². The first-order valence-corrected chi connectivity index (χ1v) is 7.24. The molecule has 0 heterocycles. The van der Waals surface area contributed by atoms with Crippen LogP contribution < -0.4 is 10.5 Å². The van der Waals surface area contributed by atoms with Crippen molar-refractivity contribution in [3.8, 4) is 0 Å². The van der Waals surface area contributed by atoms with Gasteiger partial charge in [0.1, 0.15) is 0 Å². The van der Waals surface area contributed by atoms with E-state index in [1.807, 2.05) is 13.0 Å². The summed E-state index contributed by atoms with van der Waals surface area (Å²) < 4.78 is 22.8. The summed E-state index contributed by atoms with van der Waals surface area (Å²) in [5.41, 5.74) is 2.76. The zero-order chi connectivity index (χ0) is 13.1. The van der Waals surface area contributed by atoms with Gasteiger partial charge in [0, 0.05) is 6.54 Å². The van der Waals surface area contributed by atoms with E-state index in [4.69, 9.17) is 5.14 Å². The minimum atomic E-state index is -3.63. The van der Waals surface area contributed by atoms with Crippen molar-refractivity contribution >= 4 is 10.0 Å². The lowest BCUT2D eigenvalue weighted by Crippen LogP contribution is -2.17. The van der Waals surface area contributed by atoms with Crippen molar-refractivity contribution in [1.82, 2.24) is 5.32 Å². The average molecular weight is 256 g/mol. The highest BCUT2D eigenvalue weighted by Gasteiger charge is 2.13. The maximum absolute atomic E-state index is 11.4.